The molecular weight excluding hydrogens is 319 g/mol. The molecule has 1 saturated heterocycles. The Morgan fingerprint density at radius 3 is 2.48 bits per heavy atom. The van der Waals surface area contributed by atoms with Crippen LogP contribution in [0.15, 0.2) is 12.1 Å². The molecule has 1 aliphatic rings. The van der Waals surface area contributed by atoms with Crippen LogP contribution < -0.4 is 5.32 Å². The van der Waals surface area contributed by atoms with Crippen LogP contribution in [0.5, 0.6) is 0 Å². The van der Waals surface area contributed by atoms with Crippen molar-refractivity contribution in [3.63, 3.8) is 0 Å². The summed E-state index contributed by atoms with van der Waals surface area (Å²) < 4.78 is 28.2. The summed E-state index contributed by atoms with van der Waals surface area (Å²) in [5.74, 6) is -1.10. The van der Waals surface area contributed by atoms with E-state index < -0.39 is 17.7 Å². The summed E-state index contributed by atoms with van der Waals surface area (Å²) in [6, 6.07) is 4.24. The maximum absolute atomic E-state index is 14.2. The fraction of sp³-hybridized carbons (Fsp3) is 0.500. The van der Waals surface area contributed by atoms with E-state index in [1.165, 1.54) is 12.1 Å². The zero-order valence-corrected chi connectivity index (χ0v) is 13.4. The Bertz CT molecular complexity index is 500. The molecule has 0 amide bonds. The van der Waals surface area contributed by atoms with E-state index in [2.05, 4.69) is 5.32 Å². The lowest BCUT2D eigenvalue weighted by molar-refractivity contribution is 0.169. The molecule has 0 aromatic heterocycles. The van der Waals surface area contributed by atoms with Crippen LogP contribution in [-0.2, 0) is 0 Å². The zero-order chi connectivity index (χ0) is 13.8. The number of rotatable bonds is 3. The molecule has 0 aliphatic carbocycles. The van der Waals surface area contributed by atoms with Crippen LogP contribution >= 0.6 is 24.8 Å². The summed E-state index contributed by atoms with van der Waals surface area (Å²) >= 11 is 0. The van der Waals surface area contributed by atoms with Crippen molar-refractivity contribution in [2.75, 3.05) is 26.2 Å². The number of nitrogens with zero attached hydrogens (tertiary/aromatic N) is 2. The van der Waals surface area contributed by atoms with Gasteiger partial charge in [0.25, 0.3) is 0 Å². The second-order valence-corrected chi connectivity index (χ2v) is 4.76. The van der Waals surface area contributed by atoms with Crippen LogP contribution in [0.1, 0.15) is 23.6 Å². The SMILES string of the molecule is Cc1ccc(F)c([C@@H](CC#N)N2CCNCC2)c1F.Cl.Cl. The first-order chi connectivity index (χ1) is 9.15. The highest BCUT2D eigenvalue weighted by molar-refractivity contribution is 5.85. The van der Waals surface area contributed by atoms with Crippen LogP contribution in [0.25, 0.3) is 0 Å². The van der Waals surface area contributed by atoms with Gasteiger partial charge in [0.15, 0.2) is 0 Å². The first kappa shape index (κ1) is 20.1. The van der Waals surface area contributed by atoms with Gasteiger partial charge in [-0.1, -0.05) is 6.07 Å². The predicted molar refractivity (Wildman–Crippen MR) is 83.0 cm³/mol. The number of nitriles is 1. The quantitative estimate of drug-likeness (QED) is 0.921. The van der Waals surface area contributed by atoms with Crippen molar-refractivity contribution in [1.82, 2.24) is 10.2 Å². The summed E-state index contributed by atoms with van der Waals surface area (Å²) in [4.78, 5) is 1.97. The monoisotopic (exact) mass is 337 g/mol. The van der Waals surface area contributed by atoms with E-state index in [1.54, 1.807) is 6.92 Å². The first-order valence-corrected chi connectivity index (χ1v) is 6.41. The van der Waals surface area contributed by atoms with Crippen LogP contribution in [0, 0.1) is 29.9 Å². The summed E-state index contributed by atoms with van der Waals surface area (Å²) in [6.45, 7) is 4.55. The molecule has 1 aliphatic heterocycles. The zero-order valence-electron chi connectivity index (χ0n) is 11.7. The molecule has 3 nitrogen and oxygen atoms in total. The maximum atomic E-state index is 14.2. The van der Waals surface area contributed by atoms with E-state index >= 15 is 0 Å². The first-order valence-electron chi connectivity index (χ1n) is 6.41. The molecule has 1 fully saturated rings. The molecular formula is C14H19Cl2F2N3. The number of piperazine rings is 1. The number of hydrogen-bond acceptors (Lipinski definition) is 3. The normalized spacial score (nSPS) is 16.3. The molecule has 7 heteroatoms. The number of nitrogens with one attached hydrogen (secondary N) is 1. The molecule has 118 valence electrons. The van der Waals surface area contributed by atoms with E-state index in [0.29, 0.717) is 18.7 Å². The highest BCUT2D eigenvalue weighted by Crippen LogP contribution is 2.30. The standard InChI is InChI=1S/C14H17F2N3.2ClH/c1-10-2-3-11(15)13(14(10)16)12(4-5-17)19-8-6-18-7-9-19;;/h2-3,12,18H,4,6-9H2,1H3;2*1H/t12-;;/m1../s1. The van der Waals surface area contributed by atoms with Crippen LogP contribution in [0.3, 0.4) is 0 Å². The average Bonchev–Trinajstić information content (AvgIpc) is 2.43. The van der Waals surface area contributed by atoms with Crippen molar-refractivity contribution in [1.29, 1.82) is 5.26 Å². The summed E-state index contributed by atoms with van der Waals surface area (Å²) in [6.07, 6.45) is 0.0945. The summed E-state index contributed by atoms with van der Waals surface area (Å²) in [7, 11) is 0. The fourth-order valence-corrected chi connectivity index (χ4v) is 2.48. The van der Waals surface area contributed by atoms with Gasteiger partial charge >= 0.3 is 0 Å². The van der Waals surface area contributed by atoms with Gasteiger partial charge < -0.3 is 5.32 Å². The largest absolute Gasteiger partial charge is 0.314 e. The number of halogens is 4. The smallest absolute Gasteiger partial charge is 0.133 e. The molecule has 0 unspecified atom stereocenters. The molecule has 1 heterocycles. The van der Waals surface area contributed by atoms with Gasteiger partial charge in [-0.05, 0) is 18.6 Å². The van der Waals surface area contributed by atoms with E-state index in [4.69, 9.17) is 5.26 Å². The molecule has 1 atom stereocenters. The van der Waals surface area contributed by atoms with Crippen LogP contribution in [0.4, 0.5) is 8.78 Å². The van der Waals surface area contributed by atoms with Gasteiger partial charge in [0.1, 0.15) is 11.6 Å². The van der Waals surface area contributed by atoms with Crippen molar-refractivity contribution in [2.45, 2.75) is 19.4 Å². The number of hydrogen-bond donors (Lipinski definition) is 1. The molecule has 1 N–H and O–H groups in total. The maximum Gasteiger partial charge on any atom is 0.133 e. The Kier molecular flexibility index (Phi) is 8.76. The molecule has 0 saturated carbocycles. The molecule has 2 rings (SSSR count). The molecule has 1 aromatic carbocycles. The highest BCUT2D eigenvalue weighted by atomic mass is 35.5. The van der Waals surface area contributed by atoms with E-state index in [1.807, 2.05) is 11.0 Å². The molecule has 0 spiro atoms. The minimum Gasteiger partial charge on any atom is -0.314 e. The van der Waals surface area contributed by atoms with Gasteiger partial charge in [-0.15, -0.1) is 24.8 Å². The van der Waals surface area contributed by atoms with E-state index in [0.717, 1.165) is 13.1 Å². The van der Waals surface area contributed by atoms with Gasteiger partial charge in [-0.2, -0.15) is 5.26 Å². The predicted octanol–water partition coefficient (Wildman–Crippen LogP) is 2.98. The fourth-order valence-electron chi connectivity index (χ4n) is 2.48. The Morgan fingerprint density at radius 1 is 1.29 bits per heavy atom. The molecule has 1 aromatic rings. The van der Waals surface area contributed by atoms with Crippen LogP contribution in [-0.4, -0.2) is 31.1 Å². The van der Waals surface area contributed by atoms with Crippen molar-refractivity contribution in [2.24, 2.45) is 0 Å². The van der Waals surface area contributed by atoms with E-state index in [9.17, 15) is 8.78 Å². The average molecular weight is 338 g/mol. The topological polar surface area (TPSA) is 39.1 Å². The number of aryl methyl sites for hydroxylation is 1. The van der Waals surface area contributed by atoms with Gasteiger partial charge in [0, 0.05) is 31.7 Å². The lowest BCUT2D eigenvalue weighted by Gasteiger charge is -2.34. The summed E-state index contributed by atoms with van der Waals surface area (Å²) in [5, 5.41) is 12.1. The summed E-state index contributed by atoms with van der Waals surface area (Å²) in [5.41, 5.74) is 0.443. The lowest BCUT2D eigenvalue weighted by Crippen LogP contribution is -2.45. The molecule has 0 radical (unpaired) electrons. The Hall–Kier alpha value is -0.930. The van der Waals surface area contributed by atoms with Crippen LogP contribution in [0.2, 0.25) is 0 Å². The minimum atomic E-state index is -0.568. The van der Waals surface area contributed by atoms with Crippen molar-refractivity contribution >= 4 is 24.8 Å². The highest BCUT2D eigenvalue weighted by Gasteiger charge is 2.27. The number of benzene rings is 1. The third-order valence-electron chi connectivity index (χ3n) is 3.53. The Balaban J connectivity index is 0.00000200. The molecule has 21 heavy (non-hydrogen) atoms. The lowest BCUT2D eigenvalue weighted by atomic mass is 9.98. The second-order valence-electron chi connectivity index (χ2n) is 4.76. The van der Waals surface area contributed by atoms with Gasteiger partial charge in [0.2, 0.25) is 0 Å². The van der Waals surface area contributed by atoms with Gasteiger partial charge in [-0.25, -0.2) is 8.78 Å². The van der Waals surface area contributed by atoms with Crippen molar-refractivity contribution in [3.8, 4) is 6.07 Å². The Morgan fingerprint density at radius 2 is 1.90 bits per heavy atom. The third kappa shape index (κ3) is 4.52. The third-order valence-corrected chi connectivity index (χ3v) is 3.53. The van der Waals surface area contributed by atoms with Crippen molar-refractivity contribution < 1.29 is 8.78 Å². The minimum absolute atomic E-state index is 0. The van der Waals surface area contributed by atoms with Gasteiger partial charge in [0.05, 0.1) is 18.5 Å². The second kappa shape index (κ2) is 9.16. The van der Waals surface area contributed by atoms with Gasteiger partial charge in [-0.3, -0.25) is 4.90 Å². The molecule has 0 bridgehead atoms. The Labute approximate surface area is 136 Å². The van der Waals surface area contributed by atoms with E-state index in [-0.39, 0.29) is 36.8 Å². The van der Waals surface area contributed by atoms with Crippen molar-refractivity contribution in [3.05, 3.63) is 34.9 Å².